The van der Waals surface area contributed by atoms with Crippen molar-refractivity contribution < 1.29 is 0 Å². The Morgan fingerprint density at radius 2 is 2.00 bits per heavy atom. The number of hydrogen-bond acceptors (Lipinski definition) is 2. The van der Waals surface area contributed by atoms with Crippen molar-refractivity contribution >= 4 is 0 Å². The quantitative estimate of drug-likeness (QED) is 0.501. The van der Waals surface area contributed by atoms with Gasteiger partial charge >= 0.3 is 0 Å². The van der Waals surface area contributed by atoms with Crippen molar-refractivity contribution in [1.82, 2.24) is 10.6 Å². The molecule has 2 heteroatoms. The highest BCUT2D eigenvalue weighted by molar-refractivity contribution is 4.67. The average molecular weight is 130 g/mol. The molecular formula is C7H18N2. The van der Waals surface area contributed by atoms with E-state index < -0.39 is 0 Å². The van der Waals surface area contributed by atoms with Crippen molar-refractivity contribution in [2.75, 3.05) is 20.6 Å². The molecule has 1 fully saturated rings. The van der Waals surface area contributed by atoms with Crippen molar-refractivity contribution in [1.29, 1.82) is 0 Å². The summed E-state index contributed by atoms with van der Waals surface area (Å²) in [5.41, 5.74) is 0. The summed E-state index contributed by atoms with van der Waals surface area (Å²) in [7, 11) is 3.75. The van der Waals surface area contributed by atoms with Gasteiger partial charge in [-0.05, 0) is 40.4 Å². The normalized spacial score (nSPS) is 25.0. The van der Waals surface area contributed by atoms with E-state index in [0.29, 0.717) is 0 Å². The lowest BCUT2D eigenvalue weighted by Crippen LogP contribution is -2.16. The zero-order valence-electron chi connectivity index (χ0n) is 6.70. The molecule has 0 radical (unpaired) electrons. The van der Waals surface area contributed by atoms with Gasteiger partial charge in [0.25, 0.3) is 0 Å². The molecule has 0 aliphatic carbocycles. The Morgan fingerprint density at radius 3 is 2.11 bits per heavy atom. The van der Waals surface area contributed by atoms with Gasteiger partial charge in [-0.3, -0.25) is 0 Å². The summed E-state index contributed by atoms with van der Waals surface area (Å²) in [6.45, 7) is 3.47. The molecule has 0 aromatic carbocycles. The molecule has 1 heterocycles. The molecule has 0 bridgehead atoms. The molecule has 1 saturated heterocycles. The van der Waals surface area contributed by atoms with Crippen LogP contribution in [0.4, 0.5) is 0 Å². The minimum atomic E-state index is 0.796. The van der Waals surface area contributed by atoms with Gasteiger partial charge in [0.1, 0.15) is 0 Å². The van der Waals surface area contributed by atoms with Crippen molar-refractivity contribution in [2.24, 2.45) is 0 Å². The third-order valence-electron chi connectivity index (χ3n) is 1.31. The molecule has 56 valence electrons. The molecule has 0 saturated carbocycles. The van der Waals surface area contributed by atoms with E-state index in [9.17, 15) is 0 Å². The first-order valence-corrected chi connectivity index (χ1v) is 3.63. The topological polar surface area (TPSA) is 24.1 Å². The van der Waals surface area contributed by atoms with Crippen molar-refractivity contribution in [3.8, 4) is 0 Å². The molecular weight excluding hydrogens is 112 g/mol. The van der Waals surface area contributed by atoms with Crippen molar-refractivity contribution in [2.45, 2.75) is 25.8 Å². The molecule has 2 N–H and O–H groups in total. The van der Waals surface area contributed by atoms with Gasteiger partial charge in [-0.25, -0.2) is 0 Å². The van der Waals surface area contributed by atoms with Crippen LogP contribution >= 0.6 is 0 Å². The van der Waals surface area contributed by atoms with E-state index in [1.165, 1.54) is 19.4 Å². The predicted molar refractivity (Wildman–Crippen MR) is 41.7 cm³/mol. The fourth-order valence-electron chi connectivity index (χ4n) is 0.859. The second kappa shape index (κ2) is 6.05. The zero-order valence-corrected chi connectivity index (χ0v) is 6.70. The van der Waals surface area contributed by atoms with E-state index in [1.54, 1.807) is 0 Å². The van der Waals surface area contributed by atoms with Gasteiger partial charge in [0.2, 0.25) is 0 Å². The van der Waals surface area contributed by atoms with Gasteiger partial charge < -0.3 is 10.6 Å². The second-order valence-electron chi connectivity index (χ2n) is 2.50. The molecule has 0 aromatic heterocycles. The molecule has 1 aliphatic heterocycles. The molecule has 1 aliphatic rings. The van der Waals surface area contributed by atoms with Gasteiger partial charge in [0, 0.05) is 6.04 Å². The summed E-state index contributed by atoms with van der Waals surface area (Å²) in [4.78, 5) is 0. The van der Waals surface area contributed by atoms with E-state index >= 15 is 0 Å². The summed E-state index contributed by atoms with van der Waals surface area (Å²) in [6.07, 6.45) is 2.75. The highest BCUT2D eigenvalue weighted by atomic mass is 14.9. The molecule has 9 heavy (non-hydrogen) atoms. The van der Waals surface area contributed by atoms with Crippen LogP contribution in [0.2, 0.25) is 0 Å². The lowest BCUT2D eigenvalue weighted by molar-refractivity contribution is 0.664. The number of rotatable bonds is 0. The standard InChI is InChI=1S/C5H11N.C2H7N/c1-5-3-2-4-6-5;1-3-2/h5-6H,2-4H2,1H3;3H,1-2H3. The minimum absolute atomic E-state index is 0.796. The van der Waals surface area contributed by atoms with Crippen LogP contribution in [-0.2, 0) is 0 Å². The van der Waals surface area contributed by atoms with Crippen LogP contribution in [-0.4, -0.2) is 26.7 Å². The van der Waals surface area contributed by atoms with Crippen LogP contribution < -0.4 is 10.6 Å². The Labute approximate surface area is 58.0 Å². The smallest absolute Gasteiger partial charge is 0.00391 e. The lowest BCUT2D eigenvalue weighted by atomic mass is 10.3. The van der Waals surface area contributed by atoms with Crippen LogP contribution in [0.3, 0.4) is 0 Å². The van der Waals surface area contributed by atoms with Crippen LogP contribution in [0.25, 0.3) is 0 Å². The zero-order chi connectivity index (χ0) is 7.11. The van der Waals surface area contributed by atoms with Gasteiger partial charge in [-0.15, -0.1) is 0 Å². The number of nitrogens with one attached hydrogen (secondary N) is 2. The Kier molecular flexibility index (Phi) is 5.99. The molecule has 1 unspecified atom stereocenters. The predicted octanol–water partition coefficient (Wildman–Crippen LogP) is 0.594. The largest absolute Gasteiger partial charge is 0.323 e. The molecule has 0 spiro atoms. The monoisotopic (exact) mass is 130 g/mol. The number of hydrogen-bond donors (Lipinski definition) is 2. The molecule has 1 rings (SSSR count). The van der Waals surface area contributed by atoms with Gasteiger partial charge in [-0.1, -0.05) is 0 Å². The van der Waals surface area contributed by atoms with Crippen molar-refractivity contribution in [3.63, 3.8) is 0 Å². The van der Waals surface area contributed by atoms with E-state index in [-0.39, 0.29) is 0 Å². The third kappa shape index (κ3) is 5.80. The second-order valence-corrected chi connectivity index (χ2v) is 2.50. The Hall–Kier alpha value is -0.0800. The highest BCUT2D eigenvalue weighted by Gasteiger charge is 2.05. The first-order chi connectivity index (χ1) is 4.31. The SMILES string of the molecule is CC1CCCN1.CNC. The van der Waals surface area contributed by atoms with Crippen LogP contribution in [0.5, 0.6) is 0 Å². The van der Waals surface area contributed by atoms with Gasteiger partial charge in [-0.2, -0.15) is 0 Å². The minimum Gasteiger partial charge on any atom is -0.323 e. The van der Waals surface area contributed by atoms with Crippen LogP contribution in [0.15, 0.2) is 0 Å². The molecule has 1 atom stereocenters. The highest BCUT2D eigenvalue weighted by Crippen LogP contribution is 2.01. The van der Waals surface area contributed by atoms with Crippen LogP contribution in [0.1, 0.15) is 19.8 Å². The fraction of sp³-hybridized carbons (Fsp3) is 1.00. The average Bonchev–Trinajstić information content (AvgIpc) is 2.20. The summed E-state index contributed by atoms with van der Waals surface area (Å²) in [5, 5.41) is 6.07. The molecule has 2 nitrogen and oxygen atoms in total. The van der Waals surface area contributed by atoms with Crippen molar-refractivity contribution in [3.05, 3.63) is 0 Å². The first kappa shape index (κ1) is 8.92. The summed E-state index contributed by atoms with van der Waals surface area (Å²) in [6, 6.07) is 0.796. The van der Waals surface area contributed by atoms with Crippen LogP contribution in [0, 0.1) is 0 Å². The van der Waals surface area contributed by atoms with E-state index in [4.69, 9.17) is 0 Å². The summed E-state index contributed by atoms with van der Waals surface area (Å²) in [5.74, 6) is 0. The third-order valence-corrected chi connectivity index (χ3v) is 1.31. The Balaban J connectivity index is 0.000000187. The molecule has 0 amide bonds. The van der Waals surface area contributed by atoms with Gasteiger partial charge in [0.15, 0.2) is 0 Å². The van der Waals surface area contributed by atoms with E-state index in [2.05, 4.69) is 17.6 Å². The fourth-order valence-corrected chi connectivity index (χ4v) is 0.859. The van der Waals surface area contributed by atoms with Gasteiger partial charge in [0.05, 0.1) is 0 Å². The first-order valence-electron chi connectivity index (χ1n) is 3.63. The Morgan fingerprint density at radius 1 is 1.44 bits per heavy atom. The maximum absolute atomic E-state index is 3.32. The molecule has 0 aromatic rings. The lowest BCUT2D eigenvalue weighted by Gasteiger charge is -1.95. The maximum Gasteiger partial charge on any atom is 0.00391 e. The Bertz CT molecular complexity index is 48.9. The maximum atomic E-state index is 3.32. The summed E-state index contributed by atoms with van der Waals surface area (Å²) < 4.78 is 0. The van der Waals surface area contributed by atoms with E-state index in [0.717, 1.165) is 6.04 Å². The summed E-state index contributed by atoms with van der Waals surface area (Å²) >= 11 is 0. The van der Waals surface area contributed by atoms with E-state index in [1.807, 2.05) is 14.1 Å².